The van der Waals surface area contributed by atoms with Crippen molar-refractivity contribution in [3.05, 3.63) is 11.8 Å². The van der Waals surface area contributed by atoms with Crippen LogP contribution in [-0.2, 0) is 0 Å². The fourth-order valence-corrected chi connectivity index (χ4v) is 2.51. The zero-order valence-electron chi connectivity index (χ0n) is 12.0. The van der Waals surface area contributed by atoms with E-state index in [-0.39, 0.29) is 5.95 Å². The van der Waals surface area contributed by atoms with E-state index in [1.807, 2.05) is 13.0 Å². The van der Waals surface area contributed by atoms with E-state index in [1.165, 1.54) is 0 Å². The highest BCUT2D eigenvalue weighted by Gasteiger charge is 2.36. The van der Waals surface area contributed by atoms with Gasteiger partial charge in [-0.05, 0) is 38.0 Å². The van der Waals surface area contributed by atoms with Gasteiger partial charge in [0.15, 0.2) is 0 Å². The number of aryl methyl sites for hydroxylation is 1. The van der Waals surface area contributed by atoms with Crippen molar-refractivity contribution in [2.75, 3.05) is 17.6 Å². The number of aromatic nitrogens is 2. The first kappa shape index (κ1) is 14.1. The van der Waals surface area contributed by atoms with Crippen LogP contribution in [0, 0.1) is 12.3 Å². The second-order valence-electron chi connectivity index (χ2n) is 6.49. The molecule has 1 aliphatic rings. The fourth-order valence-electron chi connectivity index (χ4n) is 2.51. The van der Waals surface area contributed by atoms with Crippen LogP contribution in [0.25, 0.3) is 0 Å². The molecule has 1 heterocycles. The van der Waals surface area contributed by atoms with Crippen LogP contribution in [0.4, 0.5) is 11.8 Å². The standard InChI is InChI=1S/C14H24N4O/c1-10-8-11(18-12(15)17-10)16-9-14(19)6-4-13(2,3)5-7-14/h8,19H,4-7,9H2,1-3H3,(H3,15,16,17,18). The monoisotopic (exact) mass is 264 g/mol. The number of hydrogen-bond acceptors (Lipinski definition) is 5. The Morgan fingerprint density at radius 2 is 1.89 bits per heavy atom. The van der Waals surface area contributed by atoms with Crippen LogP contribution < -0.4 is 11.1 Å². The highest BCUT2D eigenvalue weighted by Crippen LogP contribution is 2.40. The first-order chi connectivity index (χ1) is 8.78. The van der Waals surface area contributed by atoms with E-state index in [9.17, 15) is 5.11 Å². The van der Waals surface area contributed by atoms with Gasteiger partial charge in [-0.25, -0.2) is 4.98 Å². The smallest absolute Gasteiger partial charge is 0.222 e. The van der Waals surface area contributed by atoms with E-state index < -0.39 is 5.60 Å². The summed E-state index contributed by atoms with van der Waals surface area (Å²) in [5.41, 5.74) is 6.15. The van der Waals surface area contributed by atoms with Crippen molar-refractivity contribution in [2.45, 2.75) is 52.1 Å². The van der Waals surface area contributed by atoms with Crippen LogP contribution in [-0.4, -0.2) is 27.2 Å². The summed E-state index contributed by atoms with van der Waals surface area (Å²) < 4.78 is 0. The Balaban J connectivity index is 1.95. The molecule has 0 amide bonds. The van der Waals surface area contributed by atoms with E-state index in [0.29, 0.717) is 17.8 Å². The number of rotatable bonds is 3. The van der Waals surface area contributed by atoms with Gasteiger partial charge in [0.1, 0.15) is 5.82 Å². The number of nitrogens with zero attached hydrogens (tertiary/aromatic N) is 2. The van der Waals surface area contributed by atoms with Crippen LogP contribution in [0.1, 0.15) is 45.2 Å². The molecule has 0 bridgehead atoms. The van der Waals surface area contributed by atoms with Gasteiger partial charge in [0, 0.05) is 18.3 Å². The largest absolute Gasteiger partial charge is 0.388 e. The number of hydrogen-bond donors (Lipinski definition) is 3. The number of nitrogens with one attached hydrogen (secondary N) is 1. The molecule has 1 aliphatic carbocycles. The summed E-state index contributed by atoms with van der Waals surface area (Å²) in [5.74, 6) is 0.947. The van der Waals surface area contributed by atoms with Gasteiger partial charge in [-0.3, -0.25) is 0 Å². The van der Waals surface area contributed by atoms with Crippen LogP contribution in [0.3, 0.4) is 0 Å². The SMILES string of the molecule is Cc1cc(NCC2(O)CCC(C)(C)CC2)nc(N)n1. The second kappa shape index (κ2) is 4.96. The number of aliphatic hydroxyl groups is 1. The first-order valence-electron chi connectivity index (χ1n) is 6.86. The topological polar surface area (TPSA) is 84.1 Å². The lowest BCUT2D eigenvalue weighted by molar-refractivity contribution is -0.0145. The Morgan fingerprint density at radius 3 is 2.47 bits per heavy atom. The number of anilines is 2. The summed E-state index contributed by atoms with van der Waals surface area (Å²) in [7, 11) is 0. The number of nitrogen functional groups attached to an aromatic ring is 1. The molecule has 19 heavy (non-hydrogen) atoms. The minimum absolute atomic E-state index is 0.263. The summed E-state index contributed by atoms with van der Waals surface area (Å²) in [6, 6.07) is 1.84. The maximum atomic E-state index is 10.6. The van der Waals surface area contributed by atoms with Gasteiger partial charge in [-0.1, -0.05) is 13.8 Å². The highest BCUT2D eigenvalue weighted by atomic mass is 16.3. The molecule has 5 nitrogen and oxygen atoms in total. The molecular weight excluding hydrogens is 240 g/mol. The zero-order valence-corrected chi connectivity index (χ0v) is 12.0. The lowest BCUT2D eigenvalue weighted by Crippen LogP contribution is -2.42. The van der Waals surface area contributed by atoms with Crippen molar-refractivity contribution in [1.82, 2.24) is 9.97 Å². The predicted molar refractivity (Wildman–Crippen MR) is 76.9 cm³/mol. The third-order valence-corrected chi connectivity index (χ3v) is 4.00. The Hall–Kier alpha value is -1.36. The Kier molecular flexibility index (Phi) is 3.67. The normalized spacial score (nSPS) is 21.1. The van der Waals surface area contributed by atoms with Crippen molar-refractivity contribution < 1.29 is 5.11 Å². The summed E-state index contributed by atoms with van der Waals surface area (Å²) in [6.45, 7) is 6.91. The molecule has 1 fully saturated rings. The van der Waals surface area contributed by atoms with Crippen molar-refractivity contribution in [2.24, 2.45) is 5.41 Å². The summed E-state index contributed by atoms with van der Waals surface area (Å²) in [4.78, 5) is 8.15. The Labute approximate surface area is 114 Å². The van der Waals surface area contributed by atoms with Crippen LogP contribution >= 0.6 is 0 Å². The van der Waals surface area contributed by atoms with E-state index in [1.54, 1.807) is 0 Å². The average Bonchev–Trinajstić information content (AvgIpc) is 2.30. The molecular formula is C14H24N4O. The van der Waals surface area contributed by atoms with E-state index in [4.69, 9.17) is 5.73 Å². The summed E-state index contributed by atoms with van der Waals surface area (Å²) in [5, 5.41) is 13.7. The maximum Gasteiger partial charge on any atom is 0.222 e. The molecule has 1 aromatic rings. The molecule has 5 heteroatoms. The molecule has 0 atom stereocenters. The van der Waals surface area contributed by atoms with Crippen molar-refractivity contribution in [1.29, 1.82) is 0 Å². The van der Waals surface area contributed by atoms with Gasteiger partial charge in [0.2, 0.25) is 5.95 Å². The molecule has 1 saturated carbocycles. The minimum Gasteiger partial charge on any atom is -0.388 e. The molecule has 0 saturated heterocycles. The molecule has 0 spiro atoms. The van der Waals surface area contributed by atoms with E-state index in [0.717, 1.165) is 31.4 Å². The predicted octanol–water partition coefficient (Wildman–Crippen LogP) is 2.11. The first-order valence-corrected chi connectivity index (χ1v) is 6.86. The Morgan fingerprint density at radius 1 is 1.26 bits per heavy atom. The molecule has 0 aromatic carbocycles. The van der Waals surface area contributed by atoms with Crippen LogP contribution in [0.2, 0.25) is 0 Å². The summed E-state index contributed by atoms with van der Waals surface area (Å²) in [6.07, 6.45) is 3.76. The molecule has 0 unspecified atom stereocenters. The molecule has 106 valence electrons. The quantitative estimate of drug-likeness (QED) is 0.778. The third-order valence-electron chi connectivity index (χ3n) is 4.00. The minimum atomic E-state index is -0.636. The highest BCUT2D eigenvalue weighted by molar-refractivity contribution is 5.40. The van der Waals surface area contributed by atoms with Gasteiger partial charge >= 0.3 is 0 Å². The van der Waals surface area contributed by atoms with E-state index in [2.05, 4.69) is 29.1 Å². The molecule has 0 aliphatic heterocycles. The Bertz CT molecular complexity index is 429. The van der Waals surface area contributed by atoms with Crippen LogP contribution in [0.15, 0.2) is 6.07 Å². The van der Waals surface area contributed by atoms with Gasteiger partial charge in [-0.15, -0.1) is 0 Å². The molecule has 1 aromatic heterocycles. The fraction of sp³-hybridized carbons (Fsp3) is 0.714. The molecule has 0 radical (unpaired) electrons. The average molecular weight is 264 g/mol. The maximum absolute atomic E-state index is 10.6. The van der Waals surface area contributed by atoms with Gasteiger partial charge in [0.05, 0.1) is 5.60 Å². The molecule has 4 N–H and O–H groups in total. The van der Waals surface area contributed by atoms with E-state index >= 15 is 0 Å². The van der Waals surface area contributed by atoms with Crippen molar-refractivity contribution in [3.8, 4) is 0 Å². The van der Waals surface area contributed by atoms with Gasteiger partial charge < -0.3 is 16.2 Å². The number of nitrogens with two attached hydrogens (primary N) is 1. The lowest BCUT2D eigenvalue weighted by atomic mass is 9.71. The molecule has 2 rings (SSSR count). The van der Waals surface area contributed by atoms with Crippen molar-refractivity contribution >= 4 is 11.8 Å². The lowest BCUT2D eigenvalue weighted by Gasteiger charge is -2.40. The second-order valence-corrected chi connectivity index (χ2v) is 6.49. The van der Waals surface area contributed by atoms with Gasteiger partial charge in [0.25, 0.3) is 0 Å². The summed E-state index contributed by atoms with van der Waals surface area (Å²) >= 11 is 0. The van der Waals surface area contributed by atoms with Crippen LogP contribution in [0.5, 0.6) is 0 Å². The third kappa shape index (κ3) is 3.80. The van der Waals surface area contributed by atoms with Crippen molar-refractivity contribution in [3.63, 3.8) is 0 Å². The van der Waals surface area contributed by atoms with Gasteiger partial charge in [-0.2, -0.15) is 4.98 Å². The zero-order chi connectivity index (χ0) is 14.1.